The second-order valence-electron chi connectivity index (χ2n) is 11.5. The van der Waals surface area contributed by atoms with Crippen LogP contribution >= 0.6 is 0 Å². The molecule has 1 rings (SSSR count). The molecule has 0 saturated heterocycles. The summed E-state index contributed by atoms with van der Waals surface area (Å²) < 4.78 is 6.83. The lowest BCUT2D eigenvalue weighted by molar-refractivity contribution is -0.137. The van der Waals surface area contributed by atoms with Gasteiger partial charge in [-0.25, -0.2) is 0 Å². The van der Waals surface area contributed by atoms with Crippen molar-refractivity contribution in [3.8, 4) is 0 Å². The fourth-order valence-corrected chi connectivity index (χ4v) is 5.85. The molecule has 0 aromatic rings. The molecule has 0 bridgehead atoms. The third kappa shape index (κ3) is 9.13. The number of carbonyl (C=O) groups excluding carboxylic acids is 1. The number of hydrogen-bond acceptors (Lipinski definition) is 3. The van der Waals surface area contributed by atoms with Crippen molar-refractivity contribution in [2.24, 2.45) is 5.41 Å². The van der Waals surface area contributed by atoms with Crippen LogP contribution in [-0.4, -0.2) is 31.3 Å². The van der Waals surface area contributed by atoms with Crippen LogP contribution in [0.25, 0.3) is 0 Å². The molecule has 2 atom stereocenters. The van der Waals surface area contributed by atoms with Gasteiger partial charge < -0.3 is 9.53 Å². The summed E-state index contributed by atoms with van der Waals surface area (Å²) in [6.07, 6.45) is 14.5. The first-order valence-corrected chi connectivity index (χ1v) is 15.9. The van der Waals surface area contributed by atoms with Crippen LogP contribution in [0.5, 0.6) is 0 Å². The van der Waals surface area contributed by atoms with Gasteiger partial charge in [0.1, 0.15) is 5.78 Å². The topological polar surface area (TPSA) is 63.6 Å². The molecular formula is C27H50O4Si. The van der Waals surface area contributed by atoms with Gasteiger partial charge in [-0.2, -0.15) is 0 Å². The monoisotopic (exact) mass is 466 g/mol. The summed E-state index contributed by atoms with van der Waals surface area (Å²) in [6, 6.07) is 0. The van der Waals surface area contributed by atoms with E-state index in [1.54, 1.807) is 0 Å². The van der Waals surface area contributed by atoms with Gasteiger partial charge in [-0.3, -0.25) is 9.59 Å². The van der Waals surface area contributed by atoms with E-state index >= 15 is 0 Å². The number of Topliss-reactive ketones (excluding diaryl/α,β-unsaturated/α-hetero) is 1. The van der Waals surface area contributed by atoms with Gasteiger partial charge in [-0.15, -0.1) is 0 Å². The molecule has 32 heavy (non-hydrogen) atoms. The van der Waals surface area contributed by atoms with Crippen LogP contribution in [0.15, 0.2) is 11.6 Å². The maximum Gasteiger partial charge on any atom is 0.303 e. The number of allylic oxidation sites excluding steroid dienone is 2. The highest BCUT2D eigenvalue weighted by Crippen LogP contribution is 2.44. The molecule has 0 saturated carbocycles. The van der Waals surface area contributed by atoms with Crippen molar-refractivity contribution in [2.45, 2.75) is 142 Å². The molecule has 0 aromatic carbocycles. The number of rotatable bonds is 16. The van der Waals surface area contributed by atoms with E-state index in [4.69, 9.17) is 9.53 Å². The van der Waals surface area contributed by atoms with Gasteiger partial charge >= 0.3 is 5.97 Å². The minimum Gasteiger partial charge on any atom is -0.481 e. The summed E-state index contributed by atoms with van der Waals surface area (Å²) in [5.74, 6) is -0.368. The Morgan fingerprint density at radius 3 is 2.38 bits per heavy atom. The minimum atomic E-state index is -1.82. The smallest absolute Gasteiger partial charge is 0.303 e. The summed E-state index contributed by atoms with van der Waals surface area (Å²) in [7, 11) is -1.82. The van der Waals surface area contributed by atoms with Gasteiger partial charge in [-0.05, 0) is 57.2 Å². The van der Waals surface area contributed by atoms with Crippen molar-refractivity contribution in [1.82, 2.24) is 0 Å². The lowest BCUT2D eigenvalue weighted by Crippen LogP contribution is -2.44. The number of aliphatic carboxylic acids is 1. The van der Waals surface area contributed by atoms with Crippen LogP contribution in [0.2, 0.25) is 18.1 Å². The van der Waals surface area contributed by atoms with E-state index in [-0.39, 0.29) is 23.0 Å². The number of ketones is 1. The van der Waals surface area contributed by atoms with E-state index < -0.39 is 14.3 Å². The number of unbranched alkanes of at least 4 members (excludes halogenated alkanes) is 5. The summed E-state index contributed by atoms with van der Waals surface area (Å²) >= 11 is 0. The third-order valence-electron chi connectivity index (χ3n) is 7.81. The summed E-state index contributed by atoms with van der Waals surface area (Å²) in [6.45, 7) is 16.0. The van der Waals surface area contributed by atoms with Crippen molar-refractivity contribution in [3.63, 3.8) is 0 Å². The molecule has 0 amide bonds. The van der Waals surface area contributed by atoms with E-state index in [9.17, 15) is 9.59 Å². The minimum absolute atomic E-state index is 0.202. The number of hydrogen-bond donors (Lipinski definition) is 1. The van der Waals surface area contributed by atoms with E-state index in [2.05, 4.69) is 53.8 Å². The maximum absolute atomic E-state index is 12.8. The lowest BCUT2D eigenvalue weighted by Gasteiger charge is -2.40. The Bertz CT molecular complexity index is 632. The average molecular weight is 467 g/mol. The van der Waals surface area contributed by atoms with Crippen LogP contribution in [0.1, 0.15) is 118 Å². The van der Waals surface area contributed by atoms with Crippen LogP contribution in [0, 0.1) is 5.41 Å². The number of carboxylic acid groups (broad SMARTS) is 1. The molecule has 0 aliphatic heterocycles. The van der Waals surface area contributed by atoms with E-state index in [0.29, 0.717) is 12.2 Å². The highest BCUT2D eigenvalue weighted by Gasteiger charge is 2.41. The Kier molecular flexibility index (Phi) is 11.9. The standard InChI is InChI=1S/C27H50O4Si/c1-8-9-12-15-23(31-32(6,7)26(2,3)4)19-17-22-18-20-24(28)27(22,5)21-14-11-10-13-16-25(29)30/h18,23H,8-17,19-21H2,1-7H3,(H,29,30)/t23?,27-/m1/s1. The largest absolute Gasteiger partial charge is 0.481 e. The first kappa shape index (κ1) is 29.1. The molecule has 0 fully saturated rings. The van der Waals surface area contributed by atoms with Crippen LogP contribution < -0.4 is 0 Å². The Morgan fingerprint density at radius 2 is 1.78 bits per heavy atom. The third-order valence-corrected chi connectivity index (χ3v) is 12.3. The summed E-state index contributed by atoms with van der Waals surface area (Å²) in [5, 5.41) is 8.98. The molecule has 1 unspecified atom stereocenters. The van der Waals surface area contributed by atoms with E-state index in [0.717, 1.165) is 51.4 Å². The molecule has 1 aliphatic carbocycles. The normalized spacial score (nSPS) is 20.5. The molecule has 4 nitrogen and oxygen atoms in total. The second kappa shape index (κ2) is 13.1. The summed E-state index contributed by atoms with van der Waals surface area (Å²) in [4.78, 5) is 23.4. The van der Waals surface area contributed by atoms with Crippen molar-refractivity contribution in [3.05, 3.63) is 11.6 Å². The molecule has 0 heterocycles. The lowest BCUT2D eigenvalue weighted by atomic mass is 9.76. The average Bonchev–Trinajstić information content (AvgIpc) is 2.95. The highest BCUT2D eigenvalue weighted by molar-refractivity contribution is 6.74. The van der Waals surface area contributed by atoms with Gasteiger partial charge in [0.05, 0.1) is 0 Å². The van der Waals surface area contributed by atoms with E-state index in [1.807, 2.05) is 0 Å². The zero-order valence-electron chi connectivity index (χ0n) is 22.0. The molecule has 5 heteroatoms. The van der Waals surface area contributed by atoms with Crippen molar-refractivity contribution >= 4 is 20.1 Å². The highest BCUT2D eigenvalue weighted by atomic mass is 28.4. The van der Waals surface area contributed by atoms with Crippen LogP contribution in [-0.2, 0) is 14.0 Å². The van der Waals surface area contributed by atoms with Gasteiger partial charge in [-0.1, -0.05) is 77.9 Å². The molecule has 0 spiro atoms. The zero-order chi connectivity index (χ0) is 24.4. The predicted molar refractivity (Wildman–Crippen MR) is 137 cm³/mol. The van der Waals surface area contributed by atoms with Crippen molar-refractivity contribution < 1.29 is 19.1 Å². The van der Waals surface area contributed by atoms with Gasteiger partial charge in [0.15, 0.2) is 8.32 Å². The first-order valence-electron chi connectivity index (χ1n) is 13.0. The Morgan fingerprint density at radius 1 is 1.12 bits per heavy atom. The zero-order valence-corrected chi connectivity index (χ0v) is 23.0. The molecule has 0 radical (unpaired) electrons. The van der Waals surface area contributed by atoms with Gasteiger partial charge in [0.2, 0.25) is 0 Å². The molecule has 1 N–H and O–H groups in total. The predicted octanol–water partition coefficient (Wildman–Crippen LogP) is 8.07. The fourth-order valence-electron chi connectivity index (χ4n) is 4.43. The summed E-state index contributed by atoms with van der Waals surface area (Å²) in [5.41, 5.74) is 0.977. The Labute approximate surface area is 198 Å². The molecule has 186 valence electrons. The van der Waals surface area contributed by atoms with Gasteiger partial charge in [0.25, 0.3) is 0 Å². The SMILES string of the molecule is CCCCCC(CCC1=CCC(=O)[C@]1(C)CCCCCCC(=O)O)O[Si](C)(C)C(C)(C)C. The van der Waals surface area contributed by atoms with Crippen molar-refractivity contribution in [2.75, 3.05) is 0 Å². The van der Waals surface area contributed by atoms with Crippen LogP contribution in [0.4, 0.5) is 0 Å². The Balaban J connectivity index is 2.69. The maximum atomic E-state index is 12.8. The Hall–Kier alpha value is -0.943. The fraction of sp³-hybridized carbons (Fsp3) is 0.852. The van der Waals surface area contributed by atoms with Crippen LogP contribution in [0.3, 0.4) is 0 Å². The second-order valence-corrected chi connectivity index (χ2v) is 16.3. The van der Waals surface area contributed by atoms with Crippen molar-refractivity contribution in [1.29, 1.82) is 0 Å². The molecular weight excluding hydrogens is 416 g/mol. The number of carboxylic acids is 1. The number of carbonyl (C=O) groups is 2. The quantitative estimate of drug-likeness (QED) is 0.142. The molecule has 1 aliphatic rings. The van der Waals surface area contributed by atoms with E-state index in [1.165, 1.54) is 24.8 Å². The van der Waals surface area contributed by atoms with Gasteiger partial charge in [0, 0.05) is 24.4 Å². The molecule has 0 aromatic heterocycles. The first-order chi connectivity index (χ1) is 14.8.